The first kappa shape index (κ1) is 15.4. The second-order valence-electron chi connectivity index (χ2n) is 4.44. The Hall–Kier alpha value is -3.01. The third-order valence-corrected chi connectivity index (χ3v) is 2.85. The van der Waals surface area contributed by atoms with Crippen molar-refractivity contribution < 1.29 is 19.1 Å². The van der Waals surface area contributed by atoms with Gasteiger partial charge in [-0.1, -0.05) is 66.7 Å². The molecule has 4 heteroatoms. The van der Waals surface area contributed by atoms with Gasteiger partial charge in [-0.05, 0) is 11.6 Å². The third-order valence-electron chi connectivity index (χ3n) is 2.85. The number of carbonyl (C=O) groups is 3. The van der Waals surface area contributed by atoms with Crippen LogP contribution in [0.4, 0.5) is 0 Å². The molecule has 0 N–H and O–H groups in total. The van der Waals surface area contributed by atoms with Crippen molar-refractivity contribution in [1.29, 1.82) is 0 Å². The van der Waals surface area contributed by atoms with Gasteiger partial charge in [0.25, 0.3) is 0 Å². The highest BCUT2D eigenvalue weighted by molar-refractivity contribution is 6.65. The van der Waals surface area contributed by atoms with E-state index in [1.807, 2.05) is 30.3 Å². The number of rotatable bonds is 6. The molecule has 110 valence electrons. The Morgan fingerprint density at radius 2 is 1.45 bits per heavy atom. The van der Waals surface area contributed by atoms with Gasteiger partial charge < -0.3 is 4.74 Å². The second-order valence-corrected chi connectivity index (χ2v) is 4.44. The van der Waals surface area contributed by atoms with E-state index in [1.54, 1.807) is 30.4 Å². The van der Waals surface area contributed by atoms with Crippen molar-refractivity contribution in [1.82, 2.24) is 0 Å². The van der Waals surface area contributed by atoms with Gasteiger partial charge in [-0.3, -0.25) is 9.59 Å². The first-order valence-electron chi connectivity index (χ1n) is 6.71. The zero-order chi connectivity index (χ0) is 15.8. The first-order valence-corrected chi connectivity index (χ1v) is 6.71. The zero-order valence-corrected chi connectivity index (χ0v) is 11.8. The third kappa shape index (κ3) is 4.24. The minimum atomic E-state index is -1.17. The largest absolute Gasteiger partial charge is 0.455 e. The Kier molecular flexibility index (Phi) is 5.37. The molecule has 0 spiro atoms. The molecule has 4 nitrogen and oxygen atoms in total. The molecule has 0 bridgehead atoms. The second kappa shape index (κ2) is 7.69. The van der Waals surface area contributed by atoms with Crippen LogP contribution in [0.2, 0.25) is 0 Å². The van der Waals surface area contributed by atoms with Crippen molar-refractivity contribution in [2.75, 3.05) is 6.61 Å². The molecule has 0 aliphatic rings. The molecule has 2 rings (SSSR count). The average molecular weight is 294 g/mol. The van der Waals surface area contributed by atoms with Crippen LogP contribution in [0.25, 0.3) is 6.08 Å². The van der Waals surface area contributed by atoms with Gasteiger partial charge >= 0.3 is 11.8 Å². The summed E-state index contributed by atoms with van der Waals surface area (Å²) in [5, 5.41) is 0. The smallest absolute Gasteiger partial charge is 0.383 e. The van der Waals surface area contributed by atoms with Crippen LogP contribution in [0.5, 0.6) is 0 Å². The SMILES string of the molecule is O=C(OC/C=C/c1ccccc1)C(=O)C(=O)c1ccccc1. The first-order chi connectivity index (χ1) is 10.7. The van der Waals surface area contributed by atoms with Gasteiger partial charge in [-0.2, -0.15) is 0 Å². The summed E-state index contributed by atoms with van der Waals surface area (Å²) in [4.78, 5) is 35.0. The number of esters is 1. The molecule has 2 aromatic carbocycles. The van der Waals surface area contributed by atoms with Crippen molar-refractivity contribution in [3.63, 3.8) is 0 Å². The van der Waals surface area contributed by atoms with Crippen LogP contribution >= 0.6 is 0 Å². The summed E-state index contributed by atoms with van der Waals surface area (Å²) < 4.78 is 4.77. The van der Waals surface area contributed by atoms with Crippen LogP contribution in [-0.2, 0) is 14.3 Å². The number of ether oxygens (including phenoxy) is 1. The lowest BCUT2D eigenvalue weighted by atomic mass is 10.1. The maximum absolute atomic E-state index is 11.8. The van der Waals surface area contributed by atoms with Crippen molar-refractivity contribution in [3.05, 3.63) is 77.9 Å². The predicted octanol–water partition coefficient (Wildman–Crippen LogP) is 2.70. The van der Waals surface area contributed by atoms with Gasteiger partial charge in [0.05, 0.1) is 0 Å². The summed E-state index contributed by atoms with van der Waals surface area (Å²) in [5.41, 5.74) is 1.12. The van der Waals surface area contributed by atoms with Gasteiger partial charge in [-0.25, -0.2) is 4.79 Å². The minimum absolute atomic E-state index is 0.0679. The molecule has 0 heterocycles. The number of hydrogen-bond acceptors (Lipinski definition) is 4. The molecule has 0 saturated heterocycles. The fourth-order valence-electron chi connectivity index (χ4n) is 1.75. The van der Waals surface area contributed by atoms with Crippen molar-refractivity contribution in [2.24, 2.45) is 0 Å². The van der Waals surface area contributed by atoms with E-state index in [9.17, 15) is 14.4 Å². The molecular weight excluding hydrogens is 280 g/mol. The molecule has 0 aliphatic carbocycles. The fourth-order valence-corrected chi connectivity index (χ4v) is 1.75. The van der Waals surface area contributed by atoms with Crippen LogP contribution in [0.15, 0.2) is 66.7 Å². The van der Waals surface area contributed by atoms with E-state index in [0.29, 0.717) is 0 Å². The van der Waals surface area contributed by atoms with E-state index in [1.165, 1.54) is 12.1 Å². The summed E-state index contributed by atoms with van der Waals surface area (Å²) in [7, 11) is 0. The quantitative estimate of drug-likeness (QED) is 0.356. The van der Waals surface area contributed by atoms with Crippen molar-refractivity contribution in [3.8, 4) is 0 Å². The molecule has 0 amide bonds. The highest BCUT2D eigenvalue weighted by atomic mass is 16.5. The number of carbonyl (C=O) groups excluding carboxylic acids is 3. The number of benzene rings is 2. The normalized spacial score (nSPS) is 10.4. The summed E-state index contributed by atoms with van der Waals surface area (Å²) in [6, 6.07) is 17.3. The summed E-state index contributed by atoms with van der Waals surface area (Å²) in [6.07, 6.45) is 3.37. The standard InChI is InChI=1S/C18H14O4/c19-16(15-11-5-2-6-12-15)17(20)18(21)22-13-7-10-14-8-3-1-4-9-14/h1-12H,13H2/b10-7+. The average Bonchev–Trinajstić information content (AvgIpc) is 2.59. The van der Waals surface area contributed by atoms with Crippen LogP contribution in [-0.4, -0.2) is 24.1 Å². The van der Waals surface area contributed by atoms with E-state index in [0.717, 1.165) is 5.56 Å². The van der Waals surface area contributed by atoms with Gasteiger partial charge in [0.15, 0.2) is 0 Å². The highest BCUT2D eigenvalue weighted by Gasteiger charge is 2.25. The van der Waals surface area contributed by atoms with Gasteiger partial charge in [0, 0.05) is 5.56 Å². The lowest BCUT2D eigenvalue weighted by molar-refractivity contribution is -0.150. The number of ketones is 2. The van der Waals surface area contributed by atoms with Gasteiger partial charge in [-0.15, -0.1) is 0 Å². The van der Waals surface area contributed by atoms with Gasteiger partial charge in [0.2, 0.25) is 5.78 Å². The summed E-state index contributed by atoms with van der Waals surface area (Å²) in [5.74, 6) is -3.18. The topological polar surface area (TPSA) is 60.4 Å². The van der Waals surface area contributed by atoms with E-state index in [4.69, 9.17) is 4.74 Å². The molecular formula is C18H14O4. The van der Waals surface area contributed by atoms with E-state index >= 15 is 0 Å². The Morgan fingerprint density at radius 1 is 0.864 bits per heavy atom. The van der Waals surface area contributed by atoms with Crippen LogP contribution in [0.3, 0.4) is 0 Å². The molecule has 22 heavy (non-hydrogen) atoms. The Balaban J connectivity index is 1.86. The molecule has 0 fully saturated rings. The lowest BCUT2D eigenvalue weighted by Crippen LogP contribution is -2.26. The summed E-state index contributed by atoms with van der Waals surface area (Å²) in [6.45, 7) is -0.0679. The van der Waals surface area contributed by atoms with Crippen molar-refractivity contribution in [2.45, 2.75) is 0 Å². The molecule has 0 aliphatic heterocycles. The molecule has 0 radical (unpaired) electrons. The molecule has 0 aromatic heterocycles. The molecule has 2 aromatic rings. The fraction of sp³-hybridized carbons (Fsp3) is 0.0556. The number of Topliss-reactive ketones (excluding diaryl/α,β-unsaturated/α-hetero) is 2. The van der Waals surface area contributed by atoms with E-state index in [2.05, 4.69) is 0 Å². The van der Waals surface area contributed by atoms with Crippen LogP contribution in [0.1, 0.15) is 15.9 Å². The monoisotopic (exact) mass is 294 g/mol. The summed E-state index contributed by atoms with van der Waals surface area (Å²) >= 11 is 0. The number of hydrogen-bond donors (Lipinski definition) is 0. The highest BCUT2D eigenvalue weighted by Crippen LogP contribution is 2.03. The Morgan fingerprint density at radius 3 is 2.09 bits per heavy atom. The maximum Gasteiger partial charge on any atom is 0.383 e. The maximum atomic E-state index is 11.8. The zero-order valence-electron chi connectivity index (χ0n) is 11.8. The molecule has 0 saturated carbocycles. The lowest BCUT2D eigenvalue weighted by Gasteiger charge is -2.01. The van der Waals surface area contributed by atoms with Crippen molar-refractivity contribution >= 4 is 23.6 Å². The minimum Gasteiger partial charge on any atom is -0.455 e. The molecule has 0 unspecified atom stereocenters. The van der Waals surface area contributed by atoms with Crippen LogP contribution in [0, 0.1) is 0 Å². The van der Waals surface area contributed by atoms with E-state index < -0.39 is 17.5 Å². The Bertz CT molecular complexity index is 688. The van der Waals surface area contributed by atoms with Crippen LogP contribution < -0.4 is 0 Å². The Labute approximate surface area is 128 Å². The van der Waals surface area contributed by atoms with E-state index in [-0.39, 0.29) is 12.2 Å². The van der Waals surface area contributed by atoms with Gasteiger partial charge in [0.1, 0.15) is 6.61 Å². The predicted molar refractivity (Wildman–Crippen MR) is 82.2 cm³/mol. The molecule has 0 atom stereocenters.